The fraction of sp³-hybridized carbons (Fsp3) is 0.571. The van der Waals surface area contributed by atoms with Gasteiger partial charge in [-0.15, -0.1) is 11.8 Å². The topological polar surface area (TPSA) is 21.3 Å². The largest absolute Gasteiger partial charge is 0.497 e. The van der Waals surface area contributed by atoms with Crippen LogP contribution in [0.3, 0.4) is 0 Å². The summed E-state index contributed by atoms with van der Waals surface area (Å²) in [4.78, 5) is 1.39. The molecule has 0 bridgehead atoms. The summed E-state index contributed by atoms with van der Waals surface area (Å²) >= 11 is 1.97. The number of hydrogen-bond acceptors (Lipinski definition) is 3. The summed E-state index contributed by atoms with van der Waals surface area (Å²) in [5.41, 5.74) is 1.46. The predicted molar refractivity (Wildman–Crippen MR) is 71.8 cm³/mol. The first-order valence-electron chi connectivity index (χ1n) is 6.37. The highest BCUT2D eigenvalue weighted by Crippen LogP contribution is 2.43. The Bertz CT molecular complexity index is 417. The first-order chi connectivity index (χ1) is 8.26. The van der Waals surface area contributed by atoms with E-state index >= 15 is 0 Å². The van der Waals surface area contributed by atoms with Gasteiger partial charge >= 0.3 is 0 Å². The van der Waals surface area contributed by atoms with Gasteiger partial charge in [-0.05, 0) is 37.0 Å². The molecule has 0 radical (unpaired) electrons. The lowest BCUT2D eigenvalue weighted by Crippen LogP contribution is -2.28. The number of hydrogen-bond donors (Lipinski definition) is 1. The van der Waals surface area contributed by atoms with Gasteiger partial charge in [-0.1, -0.05) is 13.0 Å². The van der Waals surface area contributed by atoms with Crippen LogP contribution in [0.5, 0.6) is 5.75 Å². The van der Waals surface area contributed by atoms with Gasteiger partial charge in [-0.3, -0.25) is 0 Å². The zero-order valence-corrected chi connectivity index (χ0v) is 11.2. The van der Waals surface area contributed by atoms with E-state index in [1.807, 2.05) is 11.8 Å². The van der Waals surface area contributed by atoms with Gasteiger partial charge in [0.05, 0.1) is 7.11 Å². The normalized spacial score (nSPS) is 27.6. The van der Waals surface area contributed by atoms with Gasteiger partial charge in [0.2, 0.25) is 0 Å². The van der Waals surface area contributed by atoms with E-state index in [0.717, 1.165) is 11.8 Å². The molecule has 2 nitrogen and oxygen atoms in total. The Hall–Kier alpha value is -0.670. The van der Waals surface area contributed by atoms with E-state index in [9.17, 15) is 0 Å². The first kappa shape index (κ1) is 11.4. The molecule has 1 heterocycles. The van der Waals surface area contributed by atoms with Crippen LogP contribution in [0.2, 0.25) is 0 Å². The minimum absolute atomic E-state index is 0.541. The highest BCUT2D eigenvalue weighted by atomic mass is 32.2. The van der Waals surface area contributed by atoms with Crippen LogP contribution in [-0.4, -0.2) is 18.4 Å². The summed E-state index contributed by atoms with van der Waals surface area (Å²) in [5, 5.41) is 4.45. The van der Waals surface area contributed by atoms with E-state index in [2.05, 4.69) is 30.4 Å². The fourth-order valence-corrected chi connectivity index (χ4v) is 3.70. The zero-order valence-electron chi connectivity index (χ0n) is 10.4. The third-order valence-electron chi connectivity index (χ3n) is 3.51. The summed E-state index contributed by atoms with van der Waals surface area (Å²) in [7, 11) is 1.73. The van der Waals surface area contributed by atoms with Crippen molar-refractivity contribution in [3.05, 3.63) is 23.8 Å². The van der Waals surface area contributed by atoms with Gasteiger partial charge in [0.25, 0.3) is 0 Å². The molecule has 2 unspecified atom stereocenters. The fourth-order valence-electron chi connectivity index (χ4n) is 2.45. The molecule has 1 fully saturated rings. The molecule has 1 saturated carbocycles. The number of ether oxygens (including phenoxy) is 1. The Morgan fingerprint density at radius 3 is 2.88 bits per heavy atom. The van der Waals surface area contributed by atoms with Crippen molar-refractivity contribution in [3.8, 4) is 5.75 Å². The molecule has 3 heteroatoms. The summed E-state index contributed by atoms with van der Waals surface area (Å²) in [6, 6.07) is 7.80. The number of methoxy groups -OCH3 is 1. The Balaban J connectivity index is 1.88. The maximum absolute atomic E-state index is 5.31. The Morgan fingerprint density at radius 1 is 1.35 bits per heavy atom. The van der Waals surface area contributed by atoms with Gasteiger partial charge in [-0.2, -0.15) is 0 Å². The molecule has 2 atom stereocenters. The van der Waals surface area contributed by atoms with Crippen LogP contribution in [0, 0.1) is 0 Å². The molecule has 2 aliphatic rings. The second-order valence-corrected chi connectivity index (χ2v) is 6.54. The first-order valence-corrected chi connectivity index (χ1v) is 7.25. The Kier molecular flexibility index (Phi) is 3.05. The van der Waals surface area contributed by atoms with E-state index in [4.69, 9.17) is 4.74 Å². The number of fused-ring (bicyclic) bond motifs is 1. The van der Waals surface area contributed by atoms with E-state index in [0.29, 0.717) is 11.3 Å². The lowest BCUT2D eigenvalue weighted by atomic mass is 10.0. The number of rotatable bonds is 3. The van der Waals surface area contributed by atoms with Crippen molar-refractivity contribution >= 4 is 11.8 Å². The van der Waals surface area contributed by atoms with E-state index in [1.54, 1.807) is 7.11 Å². The molecule has 0 amide bonds. The second kappa shape index (κ2) is 4.54. The zero-order chi connectivity index (χ0) is 11.8. The maximum atomic E-state index is 5.31. The van der Waals surface area contributed by atoms with Crippen molar-refractivity contribution in [3.63, 3.8) is 0 Å². The average Bonchev–Trinajstić information content (AvgIpc) is 3.12. The summed E-state index contributed by atoms with van der Waals surface area (Å²) < 4.78 is 5.31. The molecule has 1 aromatic rings. The van der Waals surface area contributed by atoms with Crippen LogP contribution in [0.25, 0.3) is 0 Å². The molecule has 1 aromatic carbocycles. The third-order valence-corrected chi connectivity index (χ3v) is 4.71. The third kappa shape index (κ3) is 2.45. The molecular weight excluding hydrogens is 230 g/mol. The van der Waals surface area contributed by atoms with E-state index < -0.39 is 0 Å². The minimum Gasteiger partial charge on any atom is -0.497 e. The summed E-state index contributed by atoms with van der Waals surface area (Å²) in [6.07, 6.45) is 3.94. The molecule has 0 aromatic heterocycles. The number of thioether (sulfide) groups is 1. The monoisotopic (exact) mass is 249 g/mol. The molecule has 17 heavy (non-hydrogen) atoms. The van der Waals surface area contributed by atoms with Crippen LogP contribution < -0.4 is 10.1 Å². The minimum atomic E-state index is 0.541. The Morgan fingerprint density at radius 2 is 2.18 bits per heavy atom. The van der Waals surface area contributed by atoms with E-state index in [-0.39, 0.29) is 0 Å². The summed E-state index contributed by atoms with van der Waals surface area (Å²) in [5.74, 6) is 0.968. The van der Waals surface area contributed by atoms with Crippen molar-refractivity contribution in [2.24, 2.45) is 0 Å². The van der Waals surface area contributed by atoms with Gasteiger partial charge in [0.15, 0.2) is 0 Å². The molecule has 92 valence electrons. The second-order valence-electron chi connectivity index (χ2n) is 5.06. The van der Waals surface area contributed by atoms with Gasteiger partial charge in [-0.25, -0.2) is 0 Å². The van der Waals surface area contributed by atoms with Crippen LogP contribution in [0.4, 0.5) is 0 Å². The molecule has 0 saturated heterocycles. The standard InChI is InChI=1S/C14H19NOS/c1-9-7-13(15-10-3-4-10)12-6-5-11(16-2)8-14(12)17-9/h5-6,8-10,13,15H,3-4,7H2,1-2H3. The highest BCUT2D eigenvalue weighted by Gasteiger charge is 2.30. The highest BCUT2D eigenvalue weighted by molar-refractivity contribution is 8.00. The van der Waals surface area contributed by atoms with Crippen LogP contribution >= 0.6 is 11.8 Å². The van der Waals surface area contributed by atoms with Gasteiger partial charge < -0.3 is 10.1 Å². The molecular formula is C14H19NOS. The molecule has 0 spiro atoms. The van der Waals surface area contributed by atoms with Crippen LogP contribution in [0.1, 0.15) is 37.8 Å². The maximum Gasteiger partial charge on any atom is 0.119 e. The van der Waals surface area contributed by atoms with Crippen molar-refractivity contribution in [2.75, 3.05) is 7.11 Å². The smallest absolute Gasteiger partial charge is 0.119 e. The summed E-state index contributed by atoms with van der Waals surface area (Å²) in [6.45, 7) is 2.31. The SMILES string of the molecule is COc1ccc2c(c1)SC(C)CC2NC1CC1. The van der Waals surface area contributed by atoms with Crippen molar-refractivity contribution in [1.29, 1.82) is 0 Å². The van der Waals surface area contributed by atoms with Gasteiger partial charge in [0.1, 0.15) is 5.75 Å². The van der Waals surface area contributed by atoms with E-state index in [1.165, 1.54) is 29.7 Å². The van der Waals surface area contributed by atoms with Crippen LogP contribution in [0.15, 0.2) is 23.1 Å². The lowest BCUT2D eigenvalue weighted by Gasteiger charge is -2.30. The quantitative estimate of drug-likeness (QED) is 0.887. The molecule has 1 aliphatic carbocycles. The van der Waals surface area contributed by atoms with Crippen molar-refractivity contribution in [1.82, 2.24) is 5.32 Å². The molecule has 1 N–H and O–H groups in total. The van der Waals surface area contributed by atoms with Gasteiger partial charge in [0, 0.05) is 22.2 Å². The molecule has 3 rings (SSSR count). The van der Waals surface area contributed by atoms with Crippen LogP contribution in [-0.2, 0) is 0 Å². The lowest BCUT2D eigenvalue weighted by molar-refractivity contribution is 0.411. The van der Waals surface area contributed by atoms with Crippen molar-refractivity contribution in [2.45, 2.75) is 48.4 Å². The predicted octanol–water partition coefficient (Wildman–Crippen LogP) is 3.37. The average molecular weight is 249 g/mol. The number of benzene rings is 1. The number of nitrogens with one attached hydrogen (secondary N) is 1. The van der Waals surface area contributed by atoms with Crippen molar-refractivity contribution < 1.29 is 4.74 Å². The molecule has 1 aliphatic heterocycles. The Labute approximate surface area is 107 Å².